The van der Waals surface area contributed by atoms with Gasteiger partial charge in [0.1, 0.15) is 6.54 Å². The molecule has 0 amide bonds. The first-order valence-electron chi connectivity index (χ1n) is 10.6. The van der Waals surface area contributed by atoms with E-state index in [0.29, 0.717) is 33.9 Å². The molecule has 12 heteroatoms. The van der Waals surface area contributed by atoms with Crippen LogP contribution in [-0.2, 0) is 6.54 Å². The second-order valence-electron chi connectivity index (χ2n) is 8.33. The zero-order valence-corrected chi connectivity index (χ0v) is 18.2. The first-order chi connectivity index (χ1) is 15.6. The van der Waals surface area contributed by atoms with Gasteiger partial charge in [-0.15, -0.1) is 10.2 Å². The number of anilines is 3. The summed E-state index contributed by atoms with van der Waals surface area (Å²) in [4.78, 5) is 4.52. The molecule has 0 aliphatic heterocycles. The Morgan fingerprint density at radius 1 is 1.24 bits per heavy atom. The molecule has 1 aliphatic rings. The molecule has 1 aromatic carbocycles. The Morgan fingerprint density at radius 2 is 2.00 bits per heavy atom. The van der Waals surface area contributed by atoms with E-state index in [2.05, 4.69) is 37.5 Å². The summed E-state index contributed by atoms with van der Waals surface area (Å²) in [6, 6.07) is 3.45. The molecule has 9 nitrogen and oxygen atoms in total. The molecule has 176 valence electrons. The number of fused-ring (bicyclic) bond motifs is 1. The summed E-state index contributed by atoms with van der Waals surface area (Å²) < 4.78 is 39.5. The summed E-state index contributed by atoms with van der Waals surface area (Å²) in [5.74, 6) is 0.631. The summed E-state index contributed by atoms with van der Waals surface area (Å²) in [6.45, 7) is 4.29. The van der Waals surface area contributed by atoms with E-state index in [1.54, 1.807) is 19.1 Å². The van der Waals surface area contributed by atoms with Gasteiger partial charge in [-0.3, -0.25) is 4.68 Å². The number of aromatic nitrogens is 5. The van der Waals surface area contributed by atoms with Crippen molar-refractivity contribution in [2.45, 2.75) is 57.4 Å². The summed E-state index contributed by atoms with van der Waals surface area (Å²) in [7, 11) is 0. The molecule has 0 unspecified atom stereocenters. The molecule has 1 saturated carbocycles. The van der Waals surface area contributed by atoms with Crippen molar-refractivity contribution in [3.63, 3.8) is 0 Å². The number of aryl methyl sites for hydroxylation is 1. The fourth-order valence-corrected chi connectivity index (χ4v) is 4.14. The van der Waals surface area contributed by atoms with Crippen LogP contribution >= 0.6 is 0 Å². The van der Waals surface area contributed by atoms with Crippen LogP contribution in [0.5, 0.6) is 0 Å². The van der Waals surface area contributed by atoms with Crippen LogP contribution in [0.15, 0.2) is 24.9 Å². The van der Waals surface area contributed by atoms with Crippen molar-refractivity contribution in [1.82, 2.24) is 25.0 Å². The van der Waals surface area contributed by atoms with Gasteiger partial charge in [-0.05, 0) is 37.5 Å². The topological polar surface area (TPSA) is 133 Å². The van der Waals surface area contributed by atoms with E-state index in [9.17, 15) is 13.2 Å². The molecule has 0 saturated heterocycles. The van der Waals surface area contributed by atoms with Crippen molar-refractivity contribution in [2.24, 2.45) is 11.5 Å². The summed E-state index contributed by atoms with van der Waals surface area (Å²) >= 11 is 0. The fourth-order valence-electron chi connectivity index (χ4n) is 4.14. The quantitative estimate of drug-likeness (QED) is 0.439. The average molecular weight is 461 g/mol. The maximum atomic E-state index is 12.9. The molecular formula is C21H26F3N9. The molecule has 2 heterocycles. The van der Waals surface area contributed by atoms with Gasteiger partial charge in [-0.1, -0.05) is 19.4 Å². The average Bonchev–Trinajstić information content (AvgIpc) is 3.11. The number of alkyl halides is 3. The van der Waals surface area contributed by atoms with E-state index >= 15 is 0 Å². The maximum Gasteiger partial charge on any atom is 0.408 e. The molecule has 1 fully saturated rings. The zero-order valence-electron chi connectivity index (χ0n) is 18.2. The van der Waals surface area contributed by atoms with Crippen LogP contribution in [0.2, 0.25) is 0 Å². The molecule has 6 N–H and O–H groups in total. The van der Waals surface area contributed by atoms with Crippen LogP contribution in [0.25, 0.3) is 16.6 Å². The highest BCUT2D eigenvalue weighted by atomic mass is 19.4. The molecule has 0 bridgehead atoms. The van der Waals surface area contributed by atoms with E-state index in [-0.39, 0.29) is 23.5 Å². The van der Waals surface area contributed by atoms with Gasteiger partial charge in [0.25, 0.3) is 0 Å². The lowest BCUT2D eigenvalue weighted by Gasteiger charge is -2.29. The minimum atomic E-state index is -4.37. The number of nitrogens with zero attached hydrogens (tertiary/aromatic N) is 5. The molecule has 4 rings (SSSR count). The zero-order chi connectivity index (χ0) is 23.8. The van der Waals surface area contributed by atoms with E-state index in [0.717, 1.165) is 30.4 Å². The van der Waals surface area contributed by atoms with Crippen LogP contribution in [0.1, 0.15) is 36.9 Å². The molecule has 0 spiro atoms. The van der Waals surface area contributed by atoms with Crippen molar-refractivity contribution in [3.8, 4) is 0 Å². The van der Waals surface area contributed by atoms with Gasteiger partial charge < -0.3 is 22.1 Å². The lowest BCUT2D eigenvalue weighted by molar-refractivity contribution is -0.141. The minimum absolute atomic E-state index is 0.00111. The van der Waals surface area contributed by atoms with Crippen LogP contribution in [0.4, 0.5) is 30.6 Å². The van der Waals surface area contributed by atoms with Crippen molar-refractivity contribution in [1.29, 1.82) is 0 Å². The number of nitrogens with one attached hydrogen (secondary N) is 2. The highest BCUT2D eigenvalue weighted by Gasteiger charge is 2.29. The van der Waals surface area contributed by atoms with Crippen LogP contribution in [0.3, 0.4) is 0 Å². The molecule has 2 aromatic heterocycles. The van der Waals surface area contributed by atoms with Crippen molar-refractivity contribution >= 4 is 34.1 Å². The molecule has 1 aliphatic carbocycles. The number of rotatable bonds is 6. The normalized spacial score (nSPS) is 18.9. The molecule has 2 atom stereocenters. The smallest absolute Gasteiger partial charge is 0.397 e. The number of hydrogen-bond acceptors (Lipinski definition) is 8. The highest BCUT2D eigenvalue weighted by molar-refractivity contribution is 5.87. The Labute approximate surface area is 188 Å². The van der Waals surface area contributed by atoms with Gasteiger partial charge in [0.2, 0.25) is 5.95 Å². The molecular weight excluding hydrogens is 435 g/mol. The lowest BCUT2D eigenvalue weighted by atomic mass is 9.91. The third-order valence-electron chi connectivity index (χ3n) is 5.64. The minimum Gasteiger partial charge on any atom is -0.397 e. The van der Waals surface area contributed by atoms with Gasteiger partial charge in [-0.25, -0.2) is 0 Å². The summed E-state index contributed by atoms with van der Waals surface area (Å²) in [6.07, 6.45) is 1.04. The van der Waals surface area contributed by atoms with Crippen LogP contribution in [0, 0.1) is 6.92 Å². The van der Waals surface area contributed by atoms with E-state index in [1.165, 1.54) is 6.20 Å². The van der Waals surface area contributed by atoms with Crippen molar-refractivity contribution < 1.29 is 13.2 Å². The molecule has 33 heavy (non-hydrogen) atoms. The van der Waals surface area contributed by atoms with Crippen LogP contribution < -0.4 is 22.1 Å². The summed E-state index contributed by atoms with van der Waals surface area (Å²) in [5.41, 5.74) is 14.2. The van der Waals surface area contributed by atoms with Gasteiger partial charge in [0, 0.05) is 23.2 Å². The monoisotopic (exact) mass is 461 g/mol. The number of nitrogens with two attached hydrogens (primary N) is 2. The predicted octanol–water partition coefficient (Wildman–Crippen LogP) is 3.45. The second kappa shape index (κ2) is 8.85. The molecule has 0 radical (unpaired) electrons. The first-order valence-corrected chi connectivity index (χ1v) is 10.6. The van der Waals surface area contributed by atoms with E-state index < -0.39 is 12.7 Å². The number of benzene rings is 1. The van der Waals surface area contributed by atoms with Crippen LogP contribution in [-0.4, -0.2) is 43.2 Å². The van der Waals surface area contributed by atoms with Crippen molar-refractivity contribution in [2.75, 3.05) is 10.6 Å². The standard InChI is InChI=1S/C21H26F3N9/c1-11-7-14(8-13-9-27-33(18(11)13)10-21(22,23)24)28-19-17(12(2)25)31-32-20(30-19)29-16-6-4-3-5-15(16)26/h7-9,15-16H,2-6,10,25-26H2,1H3,(H2,28,29,30,32)/t15-,16+/m0/s1. The Bertz CT molecular complexity index is 1170. The number of halogens is 3. The largest absolute Gasteiger partial charge is 0.408 e. The first kappa shape index (κ1) is 22.8. The lowest BCUT2D eigenvalue weighted by Crippen LogP contribution is -2.43. The SMILES string of the molecule is C=C(N)c1nnc(N[C@@H]2CCCC[C@@H]2N)nc1Nc1cc(C)c2c(cnn2CC(F)(F)F)c1. The highest BCUT2D eigenvalue weighted by Crippen LogP contribution is 2.29. The Morgan fingerprint density at radius 3 is 2.70 bits per heavy atom. The number of hydrogen-bond donors (Lipinski definition) is 4. The molecule has 3 aromatic rings. The Kier molecular flexibility index (Phi) is 6.11. The summed E-state index contributed by atoms with van der Waals surface area (Å²) in [5, 5.41) is 19.1. The third-order valence-corrected chi connectivity index (χ3v) is 5.64. The Balaban J connectivity index is 1.63. The Hall–Kier alpha value is -3.41. The van der Waals surface area contributed by atoms with Gasteiger partial charge in [0.05, 0.1) is 17.4 Å². The fraction of sp³-hybridized carbons (Fsp3) is 0.429. The predicted molar refractivity (Wildman–Crippen MR) is 121 cm³/mol. The van der Waals surface area contributed by atoms with Gasteiger partial charge >= 0.3 is 6.18 Å². The van der Waals surface area contributed by atoms with E-state index in [1.807, 2.05) is 0 Å². The second-order valence-corrected chi connectivity index (χ2v) is 8.33. The van der Waals surface area contributed by atoms with E-state index in [4.69, 9.17) is 11.5 Å². The van der Waals surface area contributed by atoms with Crippen molar-refractivity contribution in [3.05, 3.63) is 36.2 Å². The maximum absolute atomic E-state index is 12.9. The van der Waals surface area contributed by atoms with Gasteiger partial charge in [-0.2, -0.15) is 23.3 Å². The third kappa shape index (κ3) is 5.16. The van der Waals surface area contributed by atoms with Gasteiger partial charge in [0.15, 0.2) is 11.5 Å².